The maximum Gasteiger partial charge on any atom is 0.234 e. The summed E-state index contributed by atoms with van der Waals surface area (Å²) in [5, 5.41) is 4.72. The summed E-state index contributed by atoms with van der Waals surface area (Å²) >= 11 is 6.45. The Bertz CT molecular complexity index is 995. The molecule has 28 heavy (non-hydrogen) atoms. The summed E-state index contributed by atoms with van der Waals surface area (Å²) in [6, 6.07) is 7.55. The second-order valence-corrected chi connectivity index (χ2v) is 9.73. The SMILES string of the molecule is C[C@@H]1CCCN(c2nc3ncnc(SCC(=O)Nc4cccc(Br)c4)c3s2)C1. The standard InChI is InChI=1S/C19H20BrN5OS2/c1-12-4-3-7-25(9-12)19-24-17-16(28-19)18(22-11-21-17)27-10-15(26)23-14-6-2-5-13(20)8-14/h2,5-6,8,11-12H,3-4,7,9-10H2,1H3,(H,23,26)/t12-/m1/s1. The zero-order chi connectivity index (χ0) is 19.5. The zero-order valence-electron chi connectivity index (χ0n) is 15.4. The Balaban J connectivity index is 1.45. The molecule has 146 valence electrons. The molecule has 3 aromatic rings. The maximum absolute atomic E-state index is 12.3. The number of thioether (sulfide) groups is 1. The van der Waals surface area contributed by atoms with E-state index < -0.39 is 0 Å². The number of halogens is 1. The molecule has 0 aliphatic carbocycles. The van der Waals surface area contributed by atoms with Crippen LogP contribution in [0, 0.1) is 5.92 Å². The molecular weight excluding hydrogens is 458 g/mol. The Labute approximate surface area is 180 Å². The highest BCUT2D eigenvalue weighted by Gasteiger charge is 2.21. The first-order valence-corrected chi connectivity index (χ1v) is 11.7. The van der Waals surface area contributed by atoms with Gasteiger partial charge in [-0.2, -0.15) is 4.98 Å². The highest BCUT2D eigenvalue weighted by Crippen LogP contribution is 2.35. The highest BCUT2D eigenvalue weighted by molar-refractivity contribution is 9.10. The minimum atomic E-state index is -0.0653. The number of amides is 1. The van der Waals surface area contributed by atoms with E-state index in [1.807, 2.05) is 24.3 Å². The molecule has 0 spiro atoms. The molecule has 2 aromatic heterocycles. The number of hydrogen-bond acceptors (Lipinski definition) is 7. The van der Waals surface area contributed by atoms with Gasteiger partial charge in [-0.05, 0) is 37.0 Å². The van der Waals surface area contributed by atoms with Crippen LogP contribution < -0.4 is 10.2 Å². The van der Waals surface area contributed by atoms with Crippen molar-refractivity contribution < 1.29 is 4.79 Å². The first-order valence-electron chi connectivity index (χ1n) is 9.13. The van der Waals surface area contributed by atoms with Crippen LogP contribution in [0.25, 0.3) is 10.3 Å². The van der Waals surface area contributed by atoms with Crippen LogP contribution in [0.3, 0.4) is 0 Å². The molecule has 4 rings (SSSR count). The van der Waals surface area contributed by atoms with Crippen LogP contribution >= 0.6 is 39.0 Å². The van der Waals surface area contributed by atoms with E-state index >= 15 is 0 Å². The molecule has 9 heteroatoms. The third-order valence-electron chi connectivity index (χ3n) is 4.52. The topological polar surface area (TPSA) is 71.0 Å². The zero-order valence-corrected chi connectivity index (χ0v) is 18.6. The number of benzene rings is 1. The summed E-state index contributed by atoms with van der Waals surface area (Å²) in [6.07, 6.45) is 3.99. The lowest BCUT2D eigenvalue weighted by Crippen LogP contribution is -2.34. The van der Waals surface area contributed by atoms with Crippen molar-refractivity contribution in [3.8, 4) is 0 Å². The van der Waals surface area contributed by atoms with Gasteiger partial charge in [-0.25, -0.2) is 9.97 Å². The molecule has 1 aliphatic rings. The fourth-order valence-electron chi connectivity index (χ4n) is 3.22. The Kier molecular flexibility index (Phi) is 6.13. The van der Waals surface area contributed by atoms with Crippen molar-refractivity contribution in [2.24, 2.45) is 5.92 Å². The third-order valence-corrected chi connectivity index (χ3v) is 7.25. The Morgan fingerprint density at radius 3 is 3.14 bits per heavy atom. The van der Waals surface area contributed by atoms with E-state index in [4.69, 9.17) is 4.98 Å². The average molecular weight is 478 g/mol. The van der Waals surface area contributed by atoms with E-state index in [-0.39, 0.29) is 11.7 Å². The summed E-state index contributed by atoms with van der Waals surface area (Å²) < 4.78 is 1.88. The Morgan fingerprint density at radius 2 is 2.32 bits per heavy atom. The van der Waals surface area contributed by atoms with Crippen molar-refractivity contribution in [2.45, 2.75) is 24.8 Å². The fraction of sp³-hybridized carbons (Fsp3) is 0.368. The monoisotopic (exact) mass is 477 g/mol. The van der Waals surface area contributed by atoms with E-state index in [0.717, 1.165) is 38.1 Å². The van der Waals surface area contributed by atoms with Gasteiger partial charge in [-0.3, -0.25) is 4.79 Å². The van der Waals surface area contributed by atoms with Crippen LogP contribution in [0.2, 0.25) is 0 Å². The largest absolute Gasteiger partial charge is 0.348 e. The van der Waals surface area contributed by atoms with Crippen molar-refractivity contribution in [3.63, 3.8) is 0 Å². The minimum Gasteiger partial charge on any atom is -0.348 e. The van der Waals surface area contributed by atoms with E-state index in [1.165, 1.54) is 30.9 Å². The van der Waals surface area contributed by atoms with E-state index in [9.17, 15) is 4.79 Å². The number of rotatable bonds is 5. The highest BCUT2D eigenvalue weighted by atomic mass is 79.9. The third kappa shape index (κ3) is 4.64. The number of nitrogens with one attached hydrogen (secondary N) is 1. The number of thiazole rings is 1. The molecule has 1 aliphatic heterocycles. The molecule has 6 nitrogen and oxygen atoms in total. The molecule has 0 unspecified atom stereocenters. The molecule has 1 amide bonds. The number of fused-ring (bicyclic) bond motifs is 1. The Morgan fingerprint density at radius 1 is 1.43 bits per heavy atom. The molecule has 0 radical (unpaired) electrons. The number of hydrogen-bond donors (Lipinski definition) is 1. The van der Waals surface area contributed by atoms with Gasteiger partial charge in [-0.1, -0.05) is 52.0 Å². The quantitative estimate of drug-likeness (QED) is 0.419. The van der Waals surface area contributed by atoms with Gasteiger partial charge < -0.3 is 10.2 Å². The van der Waals surface area contributed by atoms with Gasteiger partial charge in [0.15, 0.2) is 10.8 Å². The van der Waals surface area contributed by atoms with E-state index in [1.54, 1.807) is 11.3 Å². The molecule has 1 aromatic carbocycles. The van der Waals surface area contributed by atoms with Crippen LogP contribution in [0.15, 0.2) is 40.1 Å². The summed E-state index contributed by atoms with van der Waals surface area (Å²) in [6.45, 7) is 4.35. The van der Waals surface area contributed by atoms with Crippen molar-refractivity contribution in [3.05, 3.63) is 35.1 Å². The van der Waals surface area contributed by atoms with Gasteiger partial charge in [0.2, 0.25) is 5.91 Å². The molecule has 3 heterocycles. The van der Waals surface area contributed by atoms with Gasteiger partial charge in [-0.15, -0.1) is 0 Å². The number of anilines is 2. The first-order chi connectivity index (χ1) is 13.6. The number of nitrogens with zero attached hydrogens (tertiary/aromatic N) is 4. The van der Waals surface area contributed by atoms with Crippen molar-refractivity contribution in [1.29, 1.82) is 0 Å². The second kappa shape index (κ2) is 8.75. The lowest BCUT2D eigenvalue weighted by Gasteiger charge is -2.30. The molecule has 0 saturated carbocycles. The predicted octanol–water partition coefficient (Wildman–Crippen LogP) is 4.82. The fourth-order valence-corrected chi connectivity index (χ4v) is 5.55. The van der Waals surface area contributed by atoms with Crippen LogP contribution in [0.4, 0.5) is 10.8 Å². The molecule has 1 atom stereocenters. The average Bonchev–Trinajstić information content (AvgIpc) is 3.11. The number of piperidine rings is 1. The number of carbonyl (C=O) groups excluding carboxylic acids is 1. The van der Waals surface area contributed by atoms with Crippen molar-refractivity contribution in [1.82, 2.24) is 15.0 Å². The first kappa shape index (κ1) is 19.6. The van der Waals surface area contributed by atoms with Gasteiger partial charge in [0, 0.05) is 23.2 Å². The lowest BCUT2D eigenvalue weighted by molar-refractivity contribution is -0.113. The van der Waals surface area contributed by atoms with Crippen LogP contribution in [-0.2, 0) is 4.79 Å². The molecular formula is C19H20BrN5OS2. The smallest absolute Gasteiger partial charge is 0.234 e. The van der Waals surface area contributed by atoms with Crippen LogP contribution in [0.5, 0.6) is 0 Å². The molecule has 0 bridgehead atoms. The number of carbonyl (C=O) groups is 1. The second-order valence-electron chi connectivity index (χ2n) is 6.87. The van der Waals surface area contributed by atoms with Gasteiger partial charge in [0.1, 0.15) is 16.1 Å². The van der Waals surface area contributed by atoms with E-state index in [0.29, 0.717) is 11.6 Å². The van der Waals surface area contributed by atoms with Crippen LogP contribution in [0.1, 0.15) is 19.8 Å². The Hall–Kier alpha value is -1.71. The normalized spacial score (nSPS) is 17.1. The van der Waals surface area contributed by atoms with E-state index in [2.05, 4.69) is 43.0 Å². The van der Waals surface area contributed by atoms with Crippen molar-refractivity contribution >= 4 is 66.1 Å². The maximum atomic E-state index is 12.3. The van der Waals surface area contributed by atoms with Crippen LogP contribution in [-0.4, -0.2) is 39.7 Å². The van der Waals surface area contributed by atoms with Crippen molar-refractivity contribution in [2.75, 3.05) is 29.1 Å². The predicted molar refractivity (Wildman–Crippen MR) is 119 cm³/mol. The molecule has 1 saturated heterocycles. The van der Waals surface area contributed by atoms with Gasteiger partial charge in [0.25, 0.3) is 0 Å². The summed E-state index contributed by atoms with van der Waals surface area (Å²) in [7, 11) is 0. The molecule has 1 fully saturated rings. The number of aromatic nitrogens is 3. The minimum absolute atomic E-state index is 0.0653. The summed E-state index contributed by atoms with van der Waals surface area (Å²) in [5.74, 6) is 0.902. The van der Waals surface area contributed by atoms with Gasteiger partial charge in [0.05, 0.1) is 5.75 Å². The molecule has 1 N–H and O–H groups in total. The summed E-state index contributed by atoms with van der Waals surface area (Å²) in [4.78, 5) is 28.1. The lowest BCUT2D eigenvalue weighted by atomic mass is 10.0. The summed E-state index contributed by atoms with van der Waals surface area (Å²) in [5.41, 5.74) is 1.48. The van der Waals surface area contributed by atoms with Gasteiger partial charge >= 0.3 is 0 Å².